The molecule has 0 bridgehead atoms. The van der Waals surface area contributed by atoms with Crippen LogP contribution in [0, 0.1) is 0 Å². The fourth-order valence-corrected chi connectivity index (χ4v) is 4.43. The van der Waals surface area contributed by atoms with Gasteiger partial charge < -0.3 is 14.5 Å². The van der Waals surface area contributed by atoms with E-state index >= 15 is 0 Å². The van der Waals surface area contributed by atoms with E-state index in [1.54, 1.807) is 6.26 Å². The third-order valence-corrected chi connectivity index (χ3v) is 6.31. The molecule has 1 amide bonds. The Labute approximate surface area is 165 Å². The lowest BCUT2D eigenvalue weighted by molar-refractivity contribution is -0.126. The van der Waals surface area contributed by atoms with Gasteiger partial charge in [0.2, 0.25) is 5.91 Å². The maximum absolute atomic E-state index is 12.9. The summed E-state index contributed by atoms with van der Waals surface area (Å²) in [5.74, 6) is 0.832. The lowest BCUT2D eigenvalue weighted by atomic mass is 10.0. The Morgan fingerprint density at radius 1 is 1.14 bits per heavy atom. The minimum Gasteiger partial charge on any atom is -0.467 e. The molecule has 3 rings (SSSR count). The first-order valence-corrected chi connectivity index (χ1v) is 11.2. The monoisotopic (exact) mass is 406 g/mol. The molecule has 1 atom stereocenters. The predicted octanol–water partition coefficient (Wildman–Crippen LogP) is 1.77. The van der Waals surface area contributed by atoms with Crippen LogP contribution in [0.15, 0.2) is 53.1 Å². The standard InChI is InChI=1S/C20H26N2O5S/c23-20(21-9-5-12-26-16-18-8-4-13-27-18)19(17-6-2-1-3-7-17)22-10-14-28(24,25)15-11-22/h1-4,6-8,13,19H,5,9-12,14-16H2,(H,21,23). The molecule has 152 valence electrons. The number of hydrogen-bond acceptors (Lipinski definition) is 6. The van der Waals surface area contributed by atoms with Gasteiger partial charge in [-0.25, -0.2) is 8.42 Å². The fourth-order valence-electron chi connectivity index (χ4n) is 3.20. The number of nitrogens with one attached hydrogen (secondary N) is 1. The number of benzene rings is 1. The Morgan fingerprint density at radius 3 is 2.57 bits per heavy atom. The van der Waals surface area contributed by atoms with Gasteiger partial charge in [0.05, 0.1) is 17.8 Å². The number of carbonyl (C=O) groups is 1. The predicted molar refractivity (Wildman–Crippen MR) is 105 cm³/mol. The first kappa shape index (κ1) is 20.6. The number of carbonyl (C=O) groups excluding carboxylic acids is 1. The number of ether oxygens (including phenoxy) is 1. The average molecular weight is 407 g/mol. The Bertz CT molecular complexity index is 823. The van der Waals surface area contributed by atoms with Crippen molar-refractivity contribution in [3.63, 3.8) is 0 Å². The Balaban J connectivity index is 1.50. The quantitative estimate of drug-likeness (QED) is 0.639. The molecule has 1 N–H and O–H groups in total. The van der Waals surface area contributed by atoms with E-state index in [2.05, 4.69) is 5.32 Å². The Morgan fingerprint density at radius 2 is 1.89 bits per heavy atom. The second kappa shape index (κ2) is 9.86. The SMILES string of the molecule is O=C(NCCCOCc1ccco1)C(c1ccccc1)N1CCS(=O)(=O)CC1. The van der Waals surface area contributed by atoms with Gasteiger partial charge in [0, 0.05) is 26.2 Å². The minimum absolute atomic E-state index is 0.0875. The van der Waals surface area contributed by atoms with Gasteiger partial charge in [-0.3, -0.25) is 9.69 Å². The molecular weight excluding hydrogens is 380 g/mol. The number of sulfone groups is 1. The highest BCUT2D eigenvalue weighted by atomic mass is 32.2. The van der Waals surface area contributed by atoms with Gasteiger partial charge in [0.25, 0.3) is 0 Å². The zero-order valence-corrected chi connectivity index (χ0v) is 16.6. The second-order valence-corrected chi connectivity index (χ2v) is 9.08. The van der Waals surface area contributed by atoms with E-state index in [1.165, 1.54) is 0 Å². The molecule has 8 heteroatoms. The highest BCUT2D eigenvalue weighted by molar-refractivity contribution is 7.91. The van der Waals surface area contributed by atoms with Gasteiger partial charge in [-0.1, -0.05) is 30.3 Å². The van der Waals surface area contributed by atoms with Gasteiger partial charge in [-0.2, -0.15) is 0 Å². The van der Waals surface area contributed by atoms with E-state index in [0.717, 1.165) is 11.3 Å². The van der Waals surface area contributed by atoms with Crippen LogP contribution in [0.3, 0.4) is 0 Å². The maximum atomic E-state index is 12.9. The summed E-state index contributed by atoms with van der Waals surface area (Å²) in [6, 6.07) is 12.7. The zero-order chi connectivity index (χ0) is 19.8. The molecule has 0 radical (unpaired) electrons. The lowest BCUT2D eigenvalue weighted by Crippen LogP contribution is -2.47. The topological polar surface area (TPSA) is 88.8 Å². The van der Waals surface area contributed by atoms with Crippen LogP contribution in [0.25, 0.3) is 0 Å². The number of amides is 1. The summed E-state index contributed by atoms with van der Waals surface area (Å²) >= 11 is 0. The molecule has 1 unspecified atom stereocenters. The molecule has 2 aromatic rings. The summed E-state index contributed by atoms with van der Waals surface area (Å²) in [6.07, 6.45) is 2.29. The third kappa shape index (κ3) is 5.92. The Kier molecular flexibility index (Phi) is 7.24. The van der Waals surface area contributed by atoms with Crippen molar-refractivity contribution in [3.05, 3.63) is 60.1 Å². The van der Waals surface area contributed by atoms with Gasteiger partial charge in [-0.15, -0.1) is 0 Å². The van der Waals surface area contributed by atoms with E-state index in [-0.39, 0.29) is 17.4 Å². The summed E-state index contributed by atoms with van der Waals surface area (Å²) in [4.78, 5) is 14.8. The first-order valence-electron chi connectivity index (χ1n) is 9.42. The molecule has 1 saturated heterocycles. The molecule has 1 aromatic heterocycles. The van der Waals surface area contributed by atoms with Crippen molar-refractivity contribution in [1.82, 2.24) is 10.2 Å². The van der Waals surface area contributed by atoms with E-state index in [1.807, 2.05) is 47.4 Å². The smallest absolute Gasteiger partial charge is 0.241 e. The van der Waals surface area contributed by atoms with Gasteiger partial charge >= 0.3 is 0 Å². The Hall–Kier alpha value is -2.16. The average Bonchev–Trinajstić information content (AvgIpc) is 3.20. The summed E-state index contributed by atoms with van der Waals surface area (Å²) in [5, 5.41) is 2.96. The molecule has 1 aliphatic rings. The molecule has 0 aliphatic carbocycles. The van der Waals surface area contributed by atoms with E-state index < -0.39 is 15.9 Å². The van der Waals surface area contributed by atoms with Crippen molar-refractivity contribution in [1.29, 1.82) is 0 Å². The van der Waals surface area contributed by atoms with Crippen LogP contribution in [0.1, 0.15) is 23.8 Å². The molecule has 0 saturated carbocycles. The summed E-state index contributed by atoms with van der Waals surface area (Å²) in [7, 11) is -3.00. The highest BCUT2D eigenvalue weighted by Gasteiger charge is 2.32. The lowest BCUT2D eigenvalue weighted by Gasteiger charge is -2.33. The molecular formula is C20H26N2O5S. The molecule has 0 spiro atoms. The van der Waals surface area contributed by atoms with Crippen LogP contribution >= 0.6 is 0 Å². The zero-order valence-electron chi connectivity index (χ0n) is 15.7. The number of rotatable bonds is 9. The van der Waals surface area contributed by atoms with Crippen LogP contribution in [-0.4, -0.2) is 57.0 Å². The number of furan rings is 1. The van der Waals surface area contributed by atoms with Gasteiger partial charge in [-0.05, 0) is 24.1 Å². The van der Waals surface area contributed by atoms with E-state index in [4.69, 9.17) is 9.15 Å². The largest absolute Gasteiger partial charge is 0.467 e. The minimum atomic E-state index is -3.00. The molecule has 2 heterocycles. The molecule has 1 aliphatic heterocycles. The number of hydrogen-bond donors (Lipinski definition) is 1. The number of nitrogens with zero attached hydrogens (tertiary/aromatic N) is 1. The normalized spacial score (nSPS) is 17.9. The van der Waals surface area contributed by atoms with E-state index in [9.17, 15) is 13.2 Å². The summed E-state index contributed by atoms with van der Waals surface area (Å²) < 4.78 is 34.2. The fraction of sp³-hybridized carbons (Fsp3) is 0.450. The summed E-state index contributed by atoms with van der Waals surface area (Å²) in [6.45, 7) is 2.14. The van der Waals surface area contributed by atoms with E-state index in [0.29, 0.717) is 39.3 Å². The molecule has 28 heavy (non-hydrogen) atoms. The van der Waals surface area contributed by atoms with Crippen molar-refractivity contribution < 1.29 is 22.4 Å². The van der Waals surface area contributed by atoms with Gasteiger partial charge in [0.15, 0.2) is 9.84 Å². The van der Waals surface area contributed by atoms with Crippen LogP contribution in [0.4, 0.5) is 0 Å². The van der Waals surface area contributed by atoms with Crippen molar-refractivity contribution in [2.24, 2.45) is 0 Å². The van der Waals surface area contributed by atoms with Crippen molar-refractivity contribution in [2.45, 2.75) is 19.1 Å². The highest BCUT2D eigenvalue weighted by Crippen LogP contribution is 2.23. The van der Waals surface area contributed by atoms with Crippen molar-refractivity contribution >= 4 is 15.7 Å². The van der Waals surface area contributed by atoms with Crippen LogP contribution in [0.5, 0.6) is 0 Å². The molecule has 1 fully saturated rings. The molecule has 1 aromatic carbocycles. The third-order valence-electron chi connectivity index (χ3n) is 4.70. The van der Waals surface area contributed by atoms with Crippen LogP contribution < -0.4 is 5.32 Å². The first-order chi connectivity index (χ1) is 13.6. The van der Waals surface area contributed by atoms with Crippen molar-refractivity contribution in [3.8, 4) is 0 Å². The van der Waals surface area contributed by atoms with Gasteiger partial charge in [0.1, 0.15) is 18.4 Å². The second-order valence-electron chi connectivity index (χ2n) is 6.78. The summed E-state index contributed by atoms with van der Waals surface area (Å²) in [5.41, 5.74) is 0.869. The molecule has 7 nitrogen and oxygen atoms in total. The van der Waals surface area contributed by atoms with Crippen LogP contribution in [-0.2, 0) is 26.0 Å². The maximum Gasteiger partial charge on any atom is 0.241 e. The van der Waals surface area contributed by atoms with Crippen molar-refractivity contribution in [2.75, 3.05) is 37.7 Å². The van der Waals surface area contributed by atoms with Crippen LogP contribution in [0.2, 0.25) is 0 Å².